The highest BCUT2D eigenvalue weighted by Crippen LogP contribution is 2.28. The average molecular weight is 446 g/mol. The predicted molar refractivity (Wildman–Crippen MR) is 124 cm³/mol. The second kappa shape index (κ2) is 10.5. The van der Waals surface area contributed by atoms with Gasteiger partial charge in [0, 0.05) is 37.0 Å². The zero-order valence-corrected chi connectivity index (χ0v) is 19.9. The standard InChI is InChI=1S/C25H36FN3O3/c1-17(2)31-22-15-19(28-23-20(22)10-8-13-27-23)9-6-7-11-21(26)18-12-14-29(16-18)24(30)32-25(3,4)5/h8,10,13,15,17-18,21H,6-7,9,11-12,14,16H2,1-5H3. The van der Waals surface area contributed by atoms with Crippen LogP contribution in [0.25, 0.3) is 11.0 Å². The van der Waals surface area contributed by atoms with Crippen LogP contribution in [0.4, 0.5) is 9.18 Å². The molecule has 1 saturated heterocycles. The Morgan fingerprint density at radius 3 is 2.81 bits per heavy atom. The Morgan fingerprint density at radius 1 is 1.31 bits per heavy atom. The fourth-order valence-electron chi connectivity index (χ4n) is 4.01. The van der Waals surface area contributed by atoms with E-state index < -0.39 is 11.8 Å². The van der Waals surface area contributed by atoms with E-state index in [9.17, 15) is 9.18 Å². The monoisotopic (exact) mass is 445 g/mol. The summed E-state index contributed by atoms with van der Waals surface area (Å²) in [5.74, 6) is 0.682. The number of aromatic nitrogens is 2. The number of carbonyl (C=O) groups is 1. The van der Waals surface area contributed by atoms with Gasteiger partial charge in [-0.2, -0.15) is 0 Å². The van der Waals surface area contributed by atoms with Gasteiger partial charge in [-0.25, -0.2) is 19.2 Å². The van der Waals surface area contributed by atoms with Crippen molar-refractivity contribution < 1.29 is 18.7 Å². The van der Waals surface area contributed by atoms with Gasteiger partial charge in [0.25, 0.3) is 0 Å². The fourth-order valence-corrected chi connectivity index (χ4v) is 4.01. The Hall–Kier alpha value is -2.44. The molecule has 2 unspecified atom stereocenters. The maximum Gasteiger partial charge on any atom is 0.410 e. The van der Waals surface area contributed by atoms with Crippen LogP contribution in [-0.2, 0) is 11.2 Å². The van der Waals surface area contributed by atoms with E-state index in [1.54, 1.807) is 11.1 Å². The normalized spacial score (nSPS) is 17.7. The van der Waals surface area contributed by atoms with Crippen molar-refractivity contribution in [3.05, 3.63) is 30.1 Å². The molecule has 32 heavy (non-hydrogen) atoms. The number of unbranched alkanes of at least 4 members (excludes halogenated alkanes) is 1. The maximum atomic E-state index is 14.8. The van der Waals surface area contributed by atoms with Gasteiger partial charge in [-0.05, 0) is 72.4 Å². The molecule has 2 aromatic heterocycles. The summed E-state index contributed by atoms with van der Waals surface area (Å²) >= 11 is 0. The molecular formula is C25H36FN3O3. The van der Waals surface area contributed by atoms with Crippen LogP contribution in [0.5, 0.6) is 5.75 Å². The number of fused-ring (bicyclic) bond motifs is 1. The summed E-state index contributed by atoms with van der Waals surface area (Å²) in [4.78, 5) is 22.8. The number of halogens is 1. The van der Waals surface area contributed by atoms with Gasteiger partial charge in [0.15, 0.2) is 5.65 Å². The quantitative estimate of drug-likeness (QED) is 0.486. The Labute approximate surface area is 190 Å². The van der Waals surface area contributed by atoms with Crippen LogP contribution >= 0.6 is 0 Å². The lowest BCUT2D eigenvalue weighted by atomic mass is 9.97. The van der Waals surface area contributed by atoms with E-state index in [0.29, 0.717) is 31.6 Å². The highest BCUT2D eigenvalue weighted by molar-refractivity contribution is 5.81. The Morgan fingerprint density at radius 2 is 2.09 bits per heavy atom. The first-order valence-electron chi connectivity index (χ1n) is 11.7. The first-order valence-corrected chi connectivity index (χ1v) is 11.7. The van der Waals surface area contributed by atoms with Crippen LogP contribution in [0.3, 0.4) is 0 Å². The molecule has 0 saturated carbocycles. The van der Waals surface area contributed by atoms with Crippen LogP contribution in [0, 0.1) is 5.92 Å². The molecular weight excluding hydrogens is 409 g/mol. The van der Waals surface area contributed by atoms with Crippen LogP contribution in [-0.4, -0.2) is 51.9 Å². The van der Waals surface area contributed by atoms with Crippen LogP contribution < -0.4 is 4.74 Å². The van der Waals surface area contributed by atoms with Crippen molar-refractivity contribution >= 4 is 17.1 Å². The molecule has 0 bridgehead atoms. The van der Waals surface area contributed by atoms with E-state index in [2.05, 4.69) is 9.97 Å². The van der Waals surface area contributed by atoms with Gasteiger partial charge in [0.1, 0.15) is 17.5 Å². The molecule has 6 nitrogen and oxygen atoms in total. The van der Waals surface area contributed by atoms with Crippen molar-refractivity contribution in [1.29, 1.82) is 0 Å². The van der Waals surface area contributed by atoms with E-state index in [-0.39, 0.29) is 18.1 Å². The third-order valence-electron chi connectivity index (χ3n) is 5.51. The molecule has 0 aromatic carbocycles. The highest BCUT2D eigenvalue weighted by atomic mass is 19.1. The molecule has 0 aliphatic carbocycles. The number of alkyl halides is 1. The molecule has 1 aliphatic rings. The molecule has 0 radical (unpaired) electrons. The topological polar surface area (TPSA) is 64.5 Å². The number of nitrogens with zero attached hydrogens (tertiary/aromatic N) is 3. The predicted octanol–water partition coefficient (Wildman–Crippen LogP) is 5.72. The number of aryl methyl sites for hydroxylation is 1. The van der Waals surface area contributed by atoms with E-state index in [4.69, 9.17) is 9.47 Å². The van der Waals surface area contributed by atoms with Crippen molar-refractivity contribution in [2.45, 2.75) is 84.6 Å². The Kier molecular flexibility index (Phi) is 7.91. The Balaban J connectivity index is 1.48. The number of likely N-dealkylation sites (tertiary alicyclic amines) is 1. The Bertz CT molecular complexity index is 913. The van der Waals surface area contributed by atoms with Gasteiger partial charge >= 0.3 is 6.09 Å². The first-order chi connectivity index (χ1) is 15.1. The lowest BCUT2D eigenvalue weighted by Crippen LogP contribution is -2.36. The minimum absolute atomic E-state index is 0.0626. The molecule has 2 atom stereocenters. The number of amides is 1. The summed E-state index contributed by atoms with van der Waals surface area (Å²) in [6.45, 7) is 10.5. The average Bonchev–Trinajstić information content (AvgIpc) is 3.20. The molecule has 2 aromatic rings. The zero-order chi connectivity index (χ0) is 23.3. The first kappa shape index (κ1) is 24.2. The van der Waals surface area contributed by atoms with E-state index >= 15 is 0 Å². The van der Waals surface area contributed by atoms with Gasteiger partial charge in [0.05, 0.1) is 11.5 Å². The van der Waals surface area contributed by atoms with E-state index in [1.807, 2.05) is 52.8 Å². The molecule has 3 rings (SSSR count). The van der Waals surface area contributed by atoms with Crippen molar-refractivity contribution in [1.82, 2.24) is 14.9 Å². The zero-order valence-electron chi connectivity index (χ0n) is 19.9. The van der Waals surface area contributed by atoms with Crippen molar-refractivity contribution in [3.8, 4) is 5.75 Å². The second-order valence-electron chi connectivity index (χ2n) is 9.89. The van der Waals surface area contributed by atoms with E-state index in [1.165, 1.54) is 0 Å². The van der Waals surface area contributed by atoms with Crippen LogP contribution in [0.15, 0.2) is 24.4 Å². The number of pyridine rings is 2. The largest absolute Gasteiger partial charge is 0.490 e. The minimum Gasteiger partial charge on any atom is -0.490 e. The van der Waals surface area contributed by atoms with Gasteiger partial charge in [-0.15, -0.1) is 0 Å². The van der Waals surface area contributed by atoms with Crippen LogP contribution in [0.1, 0.15) is 66.0 Å². The summed E-state index contributed by atoms with van der Waals surface area (Å²) in [6.07, 6.45) is 4.09. The number of hydrogen-bond acceptors (Lipinski definition) is 5. The molecule has 1 fully saturated rings. The summed E-state index contributed by atoms with van der Waals surface area (Å²) in [6, 6.07) is 5.82. The van der Waals surface area contributed by atoms with Gasteiger partial charge in [-0.3, -0.25) is 0 Å². The lowest BCUT2D eigenvalue weighted by molar-refractivity contribution is 0.0280. The second-order valence-corrected chi connectivity index (χ2v) is 9.89. The molecule has 176 valence electrons. The summed E-state index contributed by atoms with van der Waals surface area (Å²) in [5, 5.41) is 0.907. The molecule has 1 aliphatic heterocycles. The SMILES string of the molecule is CC(C)Oc1cc(CCCCC(F)C2CCN(C(=O)OC(C)(C)C)C2)nc2ncccc12. The van der Waals surface area contributed by atoms with E-state index in [0.717, 1.165) is 36.1 Å². The van der Waals surface area contributed by atoms with Crippen LogP contribution in [0.2, 0.25) is 0 Å². The lowest BCUT2D eigenvalue weighted by Gasteiger charge is -2.24. The summed E-state index contributed by atoms with van der Waals surface area (Å²) < 4.78 is 26.2. The molecule has 1 amide bonds. The van der Waals surface area contributed by atoms with Gasteiger partial charge in [-0.1, -0.05) is 6.42 Å². The molecule has 3 heterocycles. The van der Waals surface area contributed by atoms with Crippen molar-refractivity contribution in [2.75, 3.05) is 13.1 Å². The summed E-state index contributed by atoms with van der Waals surface area (Å²) in [7, 11) is 0. The van der Waals surface area contributed by atoms with Gasteiger partial charge < -0.3 is 14.4 Å². The number of rotatable bonds is 8. The molecule has 0 N–H and O–H groups in total. The summed E-state index contributed by atoms with van der Waals surface area (Å²) in [5.41, 5.74) is 1.06. The van der Waals surface area contributed by atoms with Crippen molar-refractivity contribution in [2.24, 2.45) is 5.92 Å². The van der Waals surface area contributed by atoms with Gasteiger partial charge in [0.2, 0.25) is 0 Å². The third kappa shape index (κ3) is 6.78. The van der Waals surface area contributed by atoms with Crippen molar-refractivity contribution in [3.63, 3.8) is 0 Å². The highest BCUT2D eigenvalue weighted by Gasteiger charge is 2.33. The fraction of sp³-hybridized carbons (Fsp3) is 0.640. The number of hydrogen-bond donors (Lipinski definition) is 0. The third-order valence-corrected chi connectivity index (χ3v) is 5.51. The molecule has 7 heteroatoms. The smallest absolute Gasteiger partial charge is 0.410 e. The number of carbonyl (C=O) groups excluding carboxylic acids is 1. The number of ether oxygens (including phenoxy) is 2. The molecule has 0 spiro atoms. The maximum absolute atomic E-state index is 14.8. The minimum atomic E-state index is -0.909.